The third kappa shape index (κ3) is 2.13. The number of imidazole rings is 1. The van der Waals surface area contributed by atoms with Gasteiger partial charge in [0.1, 0.15) is 17.3 Å². The number of benzene rings is 2. The largest absolute Gasteiger partial charge is 0.461 e. The fourth-order valence-corrected chi connectivity index (χ4v) is 2.50. The summed E-state index contributed by atoms with van der Waals surface area (Å²) in [5.74, 6) is 2.67. The van der Waals surface area contributed by atoms with Crippen molar-refractivity contribution in [2.75, 3.05) is 0 Å². The fraction of sp³-hybridized carbons (Fsp3) is 0.0556. The molecule has 0 aliphatic heterocycles. The molecule has 3 nitrogen and oxygen atoms in total. The van der Waals surface area contributed by atoms with E-state index in [0.29, 0.717) is 0 Å². The van der Waals surface area contributed by atoms with Crippen molar-refractivity contribution in [2.24, 2.45) is 0 Å². The molecular formula is C18H14N2O. The van der Waals surface area contributed by atoms with Gasteiger partial charge in [0.2, 0.25) is 0 Å². The number of rotatable bonds is 2. The highest BCUT2D eigenvalue weighted by atomic mass is 16.3. The van der Waals surface area contributed by atoms with Gasteiger partial charge in [0.05, 0.1) is 11.0 Å². The van der Waals surface area contributed by atoms with Gasteiger partial charge in [-0.3, -0.25) is 0 Å². The van der Waals surface area contributed by atoms with E-state index in [2.05, 4.69) is 22.1 Å². The second-order valence-electron chi connectivity index (χ2n) is 5.09. The maximum absolute atomic E-state index is 5.69. The predicted molar refractivity (Wildman–Crippen MR) is 84.0 cm³/mol. The SMILES string of the molecule is Cc1ccc(-c2cccc(-c3nc4ccccc4[nH]3)c2)o1. The van der Waals surface area contributed by atoms with Crippen LogP contribution in [0.1, 0.15) is 5.76 Å². The lowest BCUT2D eigenvalue weighted by Crippen LogP contribution is -1.81. The van der Waals surface area contributed by atoms with Crippen LogP contribution >= 0.6 is 0 Å². The lowest BCUT2D eigenvalue weighted by Gasteiger charge is -2.00. The molecule has 2 aromatic carbocycles. The van der Waals surface area contributed by atoms with Crippen molar-refractivity contribution >= 4 is 11.0 Å². The molecular weight excluding hydrogens is 260 g/mol. The first-order valence-electron chi connectivity index (χ1n) is 6.91. The average molecular weight is 274 g/mol. The van der Waals surface area contributed by atoms with E-state index in [1.165, 1.54) is 0 Å². The van der Waals surface area contributed by atoms with Gasteiger partial charge in [-0.25, -0.2) is 4.98 Å². The first kappa shape index (κ1) is 12.0. The summed E-state index contributed by atoms with van der Waals surface area (Å²) in [6, 6.07) is 20.2. The first-order chi connectivity index (χ1) is 10.3. The van der Waals surface area contributed by atoms with Crippen molar-refractivity contribution in [3.05, 3.63) is 66.4 Å². The number of H-pyrrole nitrogens is 1. The van der Waals surface area contributed by atoms with Gasteiger partial charge in [-0.15, -0.1) is 0 Å². The van der Waals surface area contributed by atoms with Crippen LogP contribution in [0.2, 0.25) is 0 Å². The van der Waals surface area contributed by atoms with Gasteiger partial charge in [0, 0.05) is 11.1 Å². The first-order valence-corrected chi connectivity index (χ1v) is 6.91. The van der Waals surface area contributed by atoms with Crippen LogP contribution in [0.3, 0.4) is 0 Å². The number of aromatic nitrogens is 2. The Kier molecular flexibility index (Phi) is 2.64. The number of furan rings is 1. The second kappa shape index (κ2) is 4.63. The number of fused-ring (bicyclic) bond motifs is 1. The topological polar surface area (TPSA) is 41.8 Å². The lowest BCUT2D eigenvalue weighted by molar-refractivity contribution is 0.548. The molecule has 0 spiro atoms. The van der Waals surface area contributed by atoms with E-state index >= 15 is 0 Å². The molecule has 0 bridgehead atoms. The van der Waals surface area contributed by atoms with Crippen LogP contribution in [0.25, 0.3) is 33.7 Å². The van der Waals surface area contributed by atoms with Crippen LogP contribution < -0.4 is 0 Å². The standard InChI is InChI=1S/C18H14N2O/c1-12-9-10-17(21-12)13-5-4-6-14(11-13)18-19-15-7-2-3-8-16(15)20-18/h2-11H,1H3,(H,19,20). The minimum atomic E-state index is 0.876. The minimum absolute atomic E-state index is 0.876. The Morgan fingerprint density at radius 3 is 2.57 bits per heavy atom. The quantitative estimate of drug-likeness (QED) is 0.570. The van der Waals surface area contributed by atoms with E-state index in [0.717, 1.165) is 39.5 Å². The highest BCUT2D eigenvalue weighted by Gasteiger charge is 2.08. The van der Waals surface area contributed by atoms with Crippen molar-refractivity contribution < 1.29 is 4.42 Å². The highest BCUT2D eigenvalue weighted by Crippen LogP contribution is 2.27. The van der Waals surface area contributed by atoms with E-state index in [9.17, 15) is 0 Å². The van der Waals surface area contributed by atoms with Crippen molar-refractivity contribution in [3.8, 4) is 22.7 Å². The summed E-state index contributed by atoms with van der Waals surface area (Å²) >= 11 is 0. The molecule has 0 aliphatic carbocycles. The maximum atomic E-state index is 5.69. The van der Waals surface area contributed by atoms with Gasteiger partial charge in [-0.1, -0.05) is 30.3 Å². The van der Waals surface area contributed by atoms with E-state index in [1.54, 1.807) is 0 Å². The van der Waals surface area contributed by atoms with Gasteiger partial charge < -0.3 is 9.40 Å². The molecule has 0 atom stereocenters. The Bertz CT molecular complexity index is 885. The van der Waals surface area contributed by atoms with Crippen LogP contribution in [0, 0.1) is 6.92 Å². The summed E-state index contributed by atoms with van der Waals surface area (Å²) in [7, 11) is 0. The zero-order chi connectivity index (χ0) is 14.2. The van der Waals surface area contributed by atoms with Crippen molar-refractivity contribution in [2.45, 2.75) is 6.92 Å². The molecule has 1 N–H and O–H groups in total. The number of aryl methyl sites for hydroxylation is 1. The number of nitrogens with zero attached hydrogens (tertiary/aromatic N) is 1. The molecule has 0 saturated heterocycles. The summed E-state index contributed by atoms with van der Waals surface area (Å²) in [5, 5.41) is 0. The van der Waals surface area contributed by atoms with Gasteiger partial charge >= 0.3 is 0 Å². The molecule has 3 heteroatoms. The summed E-state index contributed by atoms with van der Waals surface area (Å²) < 4.78 is 5.69. The second-order valence-corrected chi connectivity index (χ2v) is 5.09. The predicted octanol–water partition coefficient (Wildman–Crippen LogP) is 4.80. The fourth-order valence-electron chi connectivity index (χ4n) is 2.50. The summed E-state index contributed by atoms with van der Waals surface area (Å²) in [6.07, 6.45) is 0. The van der Waals surface area contributed by atoms with Crippen LogP contribution in [0.4, 0.5) is 0 Å². The molecule has 0 amide bonds. The van der Waals surface area contributed by atoms with Gasteiger partial charge in [0.15, 0.2) is 0 Å². The van der Waals surface area contributed by atoms with E-state index in [-0.39, 0.29) is 0 Å². The zero-order valence-electron chi connectivity index (χ0n) is 11.6. The number of nitrogens with one attached hydrogen (secondary N) is 1. The van der Waals surface area contributed by atoms with Crippen molar-refractivity contribution in [1.82, 2.24) is 9.97 Å². The minimum Gasteiger partial charge on any atom is -0.461 e. The van der Waals surface area contributed by atoms with Crippen LogP contribution in [-0.2, 0) is 0 Å². The third-order valence-corrected chi connectivity index (χ3v) is 3.55. The van der Waals surface area contributed by atoms with Gasteiger partial charge in [0.25, 0.3) is 0 Å². The van der Waals surface area contributed by atoms with Crippen LogP contribution in [0.5, 0.6) is 0 Å². The molecule has 0 unspecified atom stereocenters. The Morgan fingerprint density at radius 2 is 1.76 bits per heavy atom. The van der Waals surface area contributed by atoms with Crippen LogP contribution in [-0.4, -0.2) is 9.97 Å². The molecule has 21 heavy (non-hydrogen) atoms. The Hall–Kier alpha value is -2.81. The number of para-hydroxylation sites is 2. The van der Waals surface area contributed by atoms with E-state index < -0.39 is 0 Å². The molecule has 4 rings (SSSR count). The van der Waals surface area contributed by atoms with E-state index in [1.807, 2.05) is 55.5 Å². The number of hydrogen-bond acceptors (Lipinski definition) is 2. The van der Waals surface area contributed by atoms with Crippen molar-refractivity contribution in [3.63, 3.8) is 0 Å². The molecule has 0 saturated carbocycles. The molecule has 0 radical (unpaired) electrons. The summed E-state index contributed by atoms with van der Waals surface area (Å²) in [5.41, 5.74) is 4.14. The third-order valence-electron chi connectivity index (χ3n) is 3.55. The molecule has 2 aromatic heterocycles. The Balaban J connectivity index is 1.81. The molecule has 4 aromatic rings. The smallest absolute Gasteiger partial charge is 0.138 e. The van der Waals surface area contributed by atoms with E-state index in [4.69, 9.17) is 4.42 Å². The van der Waals surface area contributed by atoms with Gasteiger partial charge in [-0.05, 0) is 37.3 Å². The molecule has 2 heterocycles. The molecule has 0 aliphatic rings. The zero-order valence-corrected chi connectivity index (χ0v) is 11.6. The Morgan fingerprint density at radius 1 is 0.905 bits per heavy atom. The maximum Gasteiger partial charge on any atom is 0.138 e. The normalized spacial score (nSPS) is 11.1. The summed E-state index contributed by atoms with van der Waals surface area (Å²) in [4.78, 5) is 7.99. The number of aromatic amines is 1. The monoisotopic (exact) mass is 274 g/mol. The number of hydrogen-bond donors (Lipinski definition) is 1. The van der Waals surface area contributed by atoms with Crippen LogP contribution in [0.15, 0.2) is 65.1 Å². The lowest BCUT2D eigenvalue weighted by atomic mass is 10.1. The molecule has 0 fully saturated rings. The Labute approximate surface area is 122 Å². The highest BCUT2D eigenvalue weighted by molar-refractivity contribution is 5.80. The average Bonchev–Trinajstić information content (AvgIpc) is 3.13. The summed E-state index contributed by atoms with van der Waals surface area (Å²) in [6.45, 7) is 1.95. The van der Waals surface area contributed by atoms with Gasteiger partial charge in [-0.2, -0.15) is 0 Å². The van der Waals surface area contributed by atoms with Crippen molar-refractivity contribution in [1.29, 1.82) is 0 Å². The molecule has 102 valence electrons.